The third kappa shape index (κ3) is 3.17. The van der Waals surface area contributed by atoms with Crippen LogP contribution in [0.1, 0.15) is 38.3 Å². The Kier molecular flexibility index (Phi) is 5.02. The Labute approximate surface area is 165 Å². The molecule has 1 atom stereocenters. The summed E-state index contributed by atoms with van der Waals surface area (Å²) in [7, 11) is 1.59. The van der Waals surface area contributed by atoms with Gasteiger partial charge in [-0.1, -0.05) is 36.4 Å². The van der Waals surface area contributed by atoms with Crippen LogP contribution < -0.4 is 9.64 Å². The van der Waals surface area contributed by atoms with Crippen LogP contribution in [0.3, 0.4) is 0 Å². The Morgan fingerprint density at radius 2 is 1.79 bits per heavy atom. The Morgan fingerprint density at radius 3 is 2.36 bits per heavy atom. The zero-order valence-corrected chi connectivity index (χ0v) is 16.7. The first-order chi connectivity index (χ1) is 13.2. The number of fused-ring (bicyclic) bond motifs is 1. The van der Waals surface area contributed by atoms with E-state index in [2.05, 4.69) is 6.58 Å². The largest absolute Gasteiger partial charge is 0.497 e. The van der Waals surface area contributed by atoms with Gasteiger partial charge in [0.25, 0.3) is 5.91 Å². The average Bonchev–Trinajstić information content (AvgIpc) is 2.90. The van der Waals surface area contributed by atoms with E-state index in [0.29, 0.717) is 17.9 Å². The highest BCUT2D eigenvalue weighted by atomic mass is 16.6. The third-order valence-electron chi connectivity index (χ3n) is 4.78. The van der Waals surface area contributed by atoms with E-state index >= 15 is 0 Å². The van der Waals surface area contributed by atoms with Crippen molar-refractivity contribution in [2.75, 3.05) is 12.0 Å². The molecule has 0 aromatic heterocycles. The van der Waals surface area contributed by atoms with Crippen LogP contribution in [0.5, 0.6) is 5.75 Å². The summed E-state index contributed by atoms with van der Waals surface area (Å²) in [5.74, 6) is 0.355. The maximum Gasteiger partial charge on any atom is 0.421 e. The van der Waals surface area contributed by atoms with E-state index < -0.39 is 17.1 Å². The van der Waals surface area contributed by atoms with Gasteiger partial charge < -0.3 is 9.47 Å². The molecular weight excluding hydrogens is 354 g/mol. The molecule has 0 saturated heterocycles. The lowest BCUT2D eigenvalue weighted by Crippen LogP contribution is -2.45. The summed E-state index contributed by atoms with van der Waals surface area (Å²) in [4.78, 5) is 27.7. The predicted molar refractivity (Wildman–Crippen MR) is 109 cm³/mol. The molecule has 2 aromatic rings. The van der Waals surface area contributed by atoms with Crippen molar-refractivity contribution < 1.29 is 19.1 Å². The van der Waals surface area contributed by atoms with E-state index in [1.165, 1.54) is 0 Å². The standard InChI is InChI=1S/C23H25NO4/c1-6-15-23(16-11-13-17(27-5)14-12-16)18-9-7-8-10-19(18)24(20(23)25)21(26)28-22(2,3)4/h6-14H,1,15H2,2-5H3/t23-/m1/s1. The van der Waals surface area contributed by atoms with Crippen molar-refractivity contribution in [1.29, 1.82) is 0 Å². The van der Waals surface area contributed by atoms with Crippen molar-refractivity contribution in [2.45, 2.75) is 38.2 Å². The van der Waals surface area contributed by atoms with Crippen molar-refractivity contribution in [3.05, 3.63) is 72.3 Å². The molecule has 2 amide bonds. The van der Waals surface area contributed by atoms with Crippen molar-refractivity contribution in [3.8, 4) is 5.75 Å². The summed E-state index contributed by atoms with van der Waals surface area (Å²) in [5.41, 5.74) is 0.324. The highest BCUT2D eigenvalue weighted by Crippen LogP contribution is 2.49. The number of allylic oxidation sites excluding steroid dienone is 1. The molecular formula is C23H25NO4. The van der Waals surface area contributed by atoms with Gasteiger partial charge in [0.15, 0.2) is 0 Å². The summed E-state index contributed by atoms with van der Waals surface area (Å²) < 4.78 is 10.8. The number of para-hydroxylation sites is 1. The molecule has 3 rings (SSSR count). The molecule has 0 spiro atoms. The SMILES string of the molecule is C=CC[C@]1(c2ccc(OC)cc2)C(=O)N(C(=O)OC(C)(C)C)c2ccccc21. The van der Waals surface area contributed by atoms with Crippen LogP contribution in [0, 0.1) is 0 Å². The van der Waals surface area contributed by atoms with Gasteiger partial charge in [-0.05, 0) is 56.5 Å². The van der Waals surface area contributed by atoms with Crippen LogP contribution in [-0.2, 0) is 14.9 Å². The molecule has 0 saturated carbocycles. The highest BCUT2D eigenvalue weighted by molar-refractivity contribution is 6.22. The normalized spacial score (nSPS) is 18.6. The number of carbonyl (C=O) groups is 2. The Morgan fingerprint density at radius 1 is 1.14 bits per heavy atom. The highest BCUT2D eigenvalue weighted by Gasteiger charge is 2.54. The molecule has 0 aliphatic carbocycles. The van der Waals surface area contributed by atoms with E-state index in [0.717, 1.165) is 16.0 Å². The predicted octanol–water partition coefficient (Wildman–Crippen LogP) is 4.84. The van der Waals surface area contributed by atoms with E-state index in [4.69, 9.17) is 9.47 Å². The second-order valence-electron chi connectivity index (χ2n) is 7.76. The Balaban J connectivity index is 2.19. The molecule has 0 fully saturated rings. The number of methoxy groups -OCH3 is 1. The van der Waals surface area contributed by atoms with Crippen LogP contribution >= 0.6 is 0 Å². The lowest BCUT2D eigenvalue weighted by atomic mass is 9.73. The number of carbonyl (C=O) groups excluding carboxylic acids is 2. The van der Waals surface area contributed by atoms with Gasteiger partial charge in [-0.2, -0.15) is 0 Å². The second-order valence-corrected chi connectivity index (χ2v) is 7.76. The molecule has 146 valence electrons. The lowest BCUT2D eigenvalue weighted by Gasteiger charge is -2.29. The van der Waals surface area contributed by atoms with E-state index in [1.54, 1.807) is 40.0 Å². The van der Waals surface area contributed by atoms with Gasteiger partial charge in [0.1, 0.15) is 16.8 Å². The fraction of sp³-hybridized carbons (Fsp3) is 0.304. The van der Waals surface area contributed by atoms with Gasteiger partial charge in [0.2, 0.25) is 0 Å². The fourth-order valence-corrected chi connectivity index (χ4v) is 3.62. The monoisotopic (exact) mass is 379 g/mol. The quantitative estimate of drug-likeness (QED) is 0.714. The lowest BCUT2D eigenvalue weighted by molar-refractivity contribution is -0.121. The minimum Gasteiger partial charge on any atom is -0.497 e. The first-order valence-electron chi connectivity index (χ1n) is 9.17. The van der Waals surface area contributed by atoms with Gasteiger partial charge in [-0.15, -0.1) is 6.58 Å². The van der Waals surface area contributed by atoms with Gasteiger partial charge in [0.05, 0.1) is 12.8 Å². The van der Waals surface area contributed by atoms with Crippen molar-refractivity contribution in [3.63, 3.8) is 0 Å². The molecule has 5 heteroatoms. The number of nitrogens with zero attached hydrogens (tertiary/aromatic N) is 1. The first-order valence-corrected chi connectivity index (χ1v) is 9.17. The molecule has 0 N–H and O–H groups in total. The summed E-state index contributed by atoms with van der Waals surface area (Å²) in [6, 6.07) is 14.7. The van der Waals surface area contributed by atoms with E-state index in [-0.39, 0.29) is 5.91 Å². The molecule has 5 nitrogen and oxygen atoms in total. The molecule has 28 heavy (non-hydrogen) atoms. The minimum atomic E-state index is -1.04. The first kappa shape index (κ1) is 19.7. The van der Waals surface area contributed by atoms with Gasteiger partial charge in [-0.3, -0.25) is 4.79 Å². The molecule has 0 bridgehead atoms. The zero-order chi connectivity index (χ0) is 20.5. The van der Waals surface area contributed by atoms with Crippen LogP contribution in [0.25, 0.3) is 0 Å². The van der Waals surface area contributed by atoms with Crippen molar-refractivity contribution in [2.24, 2.45) is 0 Å². The van der Waals surface area contributed by atoms with Crippen LogP contribution in [0.4, 0.5) is 10.5 Å². The summed E-state index contributed by atoms with van der Waals surface area (Å²) >= 11 is 0. The summed E-state index contributed by atoms with van der Waals surface area (Å²) in [6.07, 6.45) is 1.39. The molecule has 0 unspecified atom stereocenters. The Bertz CT molecular complexity index is 911. The van der Waals surface area contributed by atoms with Crippen LogP contribution in [0.15, 0.2) is 61.2 Å². The average molecular weight is 379 g/mol. The number of benzene rings is 2. The number of hydrogen-bond acceptors (Lipinski definition) is 4. The second kappa shape index (κ2) is 7.15. The van der Waals surface area contributed by atoms with Crippen molar-refractivity contribution in [1.82, 2.24) is 0 Å². The topological polar surface area (TPSA) is 55.8 Å². The number of rotatable bonds is 4. The number of imide groups is 1. The molecule has 1 aliphatic rings. The van der Waals surface area contributed by atoms with Crippen LogP contribution in [0.2, 0.25) is 0 Å². The smallest absolute Gasteiger partial charge is 0.421 e. The van der Waals surface area contributed by atoms with Gasteiger partial charge >= 0.3 is 6.09 Å². The van der Waals surface area contributed by atoms with Crippen LogP contribution in [-0.4, -0.2) is 24.7 Å². The molecule has 2 aromatic carbocycles. The molecule has 1 heterocycles. The summed E-state index contributed by atoms with van der Waals surface area (Å²) in [6.45, 7) is 9.18. The van der Waals surface area contributed by atoms with Crippen molar-refractivity contribution >= 4 is 17.7 Å². The Hall–Kier alpha value is -3.08. The third-order valence-corrected chi connectivity index (χ3v) is 4.78. The number of amides is 2. The maximum atomic E-state index is 13.7. The number of ether oxygens (including phenoxy) is 2. The van der Waals surface area contributed by atoms with Gasteiger partial charge in [-0.25, -0.2) is 9.69 Å². The molecule has 0 radical (unpaired) electrons. The van der Waals surface area contributed by atoms with E-state index in [1.807, 2.05) is 42.5 Å². The number of hydrogen-bond donors (Lipinski definition) is 0. The minimum absolute atomic E-state index is 0.340. The van der Waals surface area contributed by atoms with E-state index in [9.17, 15) is 9.59 Å². The fourth-order valence-electron chi connectivity index (χ4n) is 3.62. The number of anilines is 1. The molecule has 1 aliphatic heterocycles. The summed E-state index contributed by atoms with van der Waals surface area (Å²) in [5, 5.41) is 0. The maximum absolute atomic E-state index is 13.7. The van der Waals surface area contributed by atoms with Gasteiger partial charge in [0, 0.05) is 0 Å². The zero-order valence-electron chi connectivity index (χ0n) is 16.7.